The first-order valence-electron chi connectivity index (χ1n) is 7.50. The van der Waals surface area contributed by atoms with Crippen LogP contribution in [0.1, 0.15) is 11.1 Å². The zero-order chi connectivity index (χ0) is 17.8. The molecule has 0 saturated carbocycles. The molecular weight excluding hydrogens is 363 g/mol. The number of benzene rings is 1. The Morgan fingerprint density at radius 2 is 2.20 bits per heavy atom. The van der Waals surface area contributed by atoms with E-state index in [0.29, 0.717) is 28.1 Å². The monoisotopic (exact) mass is 378 g/mol. The molecule has 0 aliphatic rings. The van der Waals surface area contributed by atoms with Crippen molar-refractivity contribution in [1.82, 2.24) is 24.9 Å². The molecule has 3 aromatic rings. The predicted octanol–water partition coefficient (Wildman–Crippen LogP) is 2.94. The fourth-order valence-corrected chi connectivity index (χ4v) is 2.67. The second kappa shape index (κ2) is 7.62. The lowest BCUT2D eigenvalue weighted by Crippen LogP contribution is -2.28. The number of nitrogens with zero attached hydrogens (tertiary/aromatic N) is 4. The van der Waals surface area contributed by atoms with E-state index in [4.69, 9.17) is 23.8 Å². The third-order valence-electron chi connectivity index (χ3n) is 3.48. The Labute approximate surface area is 154 Å². The van der Waals surface area contributed by atoms with Crippen molar-refractivity contribution >= 4 is 34.7 Å². The van der Waals surface area contributed by atoms with Gasteiger partial charge < -0.3 is 10.6 Å². The van der Waals surface area contributed by atoms with E-state index in [1.54, 1.807) is 40.0 Å². The Kier molecular flexibility index (Phi) is 5.30. The lowest BCUT2D eigenvalue weighted by molar-refractivity contribution is 0.586. The Balaban J connectivity index is 1.57. The Hall–Kier alpha value is -2.45. The van der Waals surface area contributed by atoms with E-state index in [9.17, 15) is 4.39 Å². The fraction of sp³-hybridized carbons (Fsp3) is 0.188. The molecule has 0 saturated heterocycles. The van der Waals surface area contributed by atoms with Crippen molar-refractivity contribution in [3.8, 4) is 0 Å². The third kappa shape index (κ3) is 4.55. The number of hydrogen-bond donors (Lipinski definition) is 2. The molecule has 1 aromatic carbocycles. The molecule has 3 rings (SSSR count). The molecule has 25 heavy (non-hydrogen) atoms. The molecule has 0 aliphatic heterocycles. The molecule has 0 radical (unpaired) electrons. The highest BCUT2D eigenvalue weighted by Crippen LogP contribution is 2.20. The van der Waals surface area contributed by atoms with Crippen molar-refractivity contribution in [3.63, 3.8) is 0 Å². The van der Waals surface area contributed by atoms with Gasteiger partial charge in [0.05, 0.1) is 12.7 Å². The third-order valence-corrected chi connectivity index (χ3v) is 4.08. The zero-order valence-electron chi connectivity index (χ0n) is 13.4. The van der Waals surface area contributed by atoms with E-state index in [0.717, 1.165) is 5.56 Å². The second-order valence-electron chi connectivity index (χ2n) is 5.43. The summed E-state index contributed by atoms with van der Waals surface area (Å²) in [5.41, 5.74) is 1.42. The average molecular weight is 379 g/mol. The summed E-state index contributed by atoms with van der Waals surface area (Å²) in [6.07, 6.45) is 5.40. The molecule has 9 heteroatoms. The molecule has 0 bridgehead atoms. The maximum Gasteiger partial charge on any atom is 0.172 e. The molecule has 2 N–H and O–H groups in total. The highest BCUT2D eigenvalue weighted by molar-refractivity contribution is 7.80. The first kappa shape index (κ1) is 17.4. The van der Waals surface area contributed by atoms with Crippen LogP contribution in [0.2, 0.25) is 5.02 Å². The van der Waals surface area contributed by atoms with Gasteiger partial charge in [0.25, 0.3) is 0 Å². The topological polar surface area (TPSA) is 59.7 Å². The van der Waals surface area contributed by atoms with Gasteiger partial charge in [-0.25, -0.2) is 4.39 Å². The molecule has 0 unspecified atom stereocenters. The summed E-state index contributed by atoms with van der Waals surface area (Å²) in [7, 11) is 1.86. The van der Waals surface area contributed by atoms with Gasteiger partial charge in [0.1, 0.15) is 5.82 Å². The summed E-state index contributed by atoms with van der Waals surface area (Å²) < 4.78 is 17.2. The van der Waals surface area contributed by atoms with Crippen molar-refractivity contribution in [2.24, 2.45) is 7.05 Å². The largest absolute Gasteiger partial charge is 0.358 e. The van der Waals surface area contributed by atoms with E-state index < -0.39 is 0 Å². The summed E-state index contributed by atoms with van der Waals surface area (Å²) in [4.78, 5) is 0. The number of aryl methyl sites for hydroxylation is 1. The first-order valence-corrected chi connectivity index (χ1v) is 8.28. The number of anilines is 1. The van der Waals surface area contributed by atoms with E-state index in [1.807, 2.05) is 13.2 Å². The van der Waals surface area contributed by atoms with Crippen LogP contribution < -0.4 is 10.6 Å². The minimum absolute atomic E-state index is 0.239. The Morgan fingerprint density at radius 1 is 1.36 bits per heavy atom. The van der Waals surface area contributed by atoms with E-state index in [1.165, 1.54) is 6.07 Å². The van der Waals surface area contributed by atoms with Gasteiger partial charge in [0, 0.05) is 48.2 Å². The lowest BCUT2D eigenvalue weighted by atomic mass is 10.2. The van der Waals surface area contributed by atoms with Gasteiger partial charge in [-0.3, -0.25) is 9.36 Å². The molecule has 0 aliphatic carbocycles. The molecule has 0 fully saturated rings. The van der Waals surface area contributed by atoms with Crippen LogP contribution >= 0.6 is 23.8 Å². The summed E-state index contributed by atoms with van der Waals surface area (Å²) in [6, 6.07) is 6.36. The van der Waals surface area contributed by atoms with Crippen LogP contribution in [-0.4, -0.2) is 24.7 Å². The summed E-state index contributed by atoms with van der Waals surface area (Å²) in [5.74, 6) is 0.210. The SMILES string of the molecule is Cn1cc(CNC(=S)Nc2ccn(Cc3c(F)cccc3Cl)n2)cn1. The fourth-order valence-electron chi connectivity index (χ4n) is 2.27. The van der Waals surface area contributed by atoms with Crippen LogP contribution in [0, 0.1) is 5.82 Å². The molecule has 6 nitrogen and oxygen atoms in total. The smallest absolute Gasteiger partial charge is 0.172 e. The zero-order valence-corrected chi connectivity index (χ0v) is 15.0. The maximum absolute atomic E-state index is 13.8. The van der Waals surface area contributed by atoms with Crippen molar-refractivity contribution in [2.45, 2.75) is 13.1 Å². The minimum Gasteiger partial charge on any atom is -0.358 e. The van der Waals surface area contributed by atoms with Crippen LogP contribution in [0.4, 0.5) is 10.2 Å². The normalized spacial score (nSPS) is 10.7. The Bertz CT molecular complexity index is 870. The van der Waals surface area contributed by atoms with Crippen LogP contribution in [0.5, 0.6) is 0 Å². The van der Waals surface area contributed by atoms with E-state index in [2.05, 4.69) is 20.8 Å². The number of aromatic nitrogens is 4. The molecule has 0 atom stereocenters. The van der Waals surface area contributed by atoms with Crippen LogP contribution in [0.25, 0.3) is 0 Å². The van der Waals surface area contributed by atoms with Crippen molar-refractivity contribution in [2.75, 3.05) is 5.32 Å². The molecule has 130 valence electrons. The van der Waals surface area contributed by atoms with E-state index >= 15 is 0 Å². The van der Waals surface area contributed by atoms with Gasteiger partial charge in [-0.05, 0) is 24.4 Å². The van der Waals surface area contributed by atoms with Gasteiger partial charge >= 0.3 is 0 Å². The number of thiocarbonyl (C=S) groups is 1. The number of nitrogens with one attached hydrogen (secondary N) is 2. The maximum atomic E-state index is 13.8. The molecule has 2 heterocycles. The summed E-state index contributed by atoms with van der Waals surface area (Å²) in [5, 5.41) is 15.3. The number of rotatable bonds is 5. The predicted molar refractivity (Wildman–Crippen MR) is 99.0 cm³/mol. The van der Waals surface area contributed by atoms with Gasteiger partial charge in [0.15, 0.2) is 10.9 Å². The average Bonchev–Trinajstić information content (AvgIpc) is 3.18. The van der Waals surface area contributed by atoms with Gasteiger partial charge in [0.2, 0.25) is 0 Å². The van der Waals surface area contributed by atoms with Crippen LogP contribution in [-0.2, 0) is 20.1 Å². The first-order chi connectivity index (χ1) is 12.0. The number of halogens is 2. The molecule has 0 amide bonds. The number of hydrogen-bond acceptors (Lipinski definition) is 3. The van der Waals surface area contributed by atoms with Crippen LogP contribution in [0.15, 0.2) is 42.9 Å². The highest BCUT2D eigenvalue weighted by Gasteiger charge is 2.09. The minimum atomic E-state index is -0.355. The van der Waals surface area contributed by atoms with Crippen molar-refractivity contribution < 1.29 is 4.39 Å². The second-order valence-corrected chi connectivity index (χ2v) is 6.24. The lowest BCUT2D eigenvalue weighted by Gasteiger charge is -2.08. The standard InChI is InChI=1S/C16H16ClFN6S/c1-23-9-11(8-20-23)7-19-16(25)21-15-5-6-24(22-15)10-12-13(17)3-2-4-14(12)18/h2-6,8-9H,7,10H2,1H3,(H2,19,21,22,25). The molecule has 2 aromatic heterocycles. The van der Waals surface area contributed by atoms with Crippen molar-refractivity contribution in [3.05, 3.63) is 64.8 Å². The summed E-state index contributed by atoms with van der Waals surface area (Å²) in [6.45, 7) is 0.800. The van der Waals surface area contributed by atoms with Gasteiger partial charge in [-0.2, -0.15) is 10.2 Å². The molecule has 0 spiro atoms. The highest BCUT2D eigenvalue weighted by atomic mass is 35.5. The van der Waals surface area contributed by atoms with E-state index in [-0.39, 0.29) is 12.4 Å². The van der Waals surface area contributed by atoms with Gasteiger partial charge in [-0.15, -0.1) is 0 Å². The van der Waals surface area contributed by atoms with Crippen molar-refractivity contribution in [1.29, 1.82) is 0 Å². The van der Waals surface area contributed by atoms with Crippen LogP contribution in [0.3, 0.4) is 0 Å². The Morgan fingerprint density at radius 3 is 2.92 bits per heavy atom. The quantitative estimate of drug-likeness (QED) is 0.668. The molecular formula is C16H16ClFN6S. The summed E-state index contributed by atoms with van der Waals surface area (Å²) >= 11 is 11.3. The van der Waals surface area contributed by atoms with Gasteiger partial charge in [-0.1, -0.05) is 17.7 Å².